The minimum absolute atomic E-state index is 0.111. The zero-order chi connectivity index (χ0) is 26.5. The minimum atomic E-state index is -0.584. The first kappa shape index (κ1) is 23.3. The Hall–Kier alpha value is -4.82. The van der Waals surface area contributed by atoms with Crippen LogP contribution in [0.3, 0.4) is 0 Å². The number of carbonyl (C=O) groups excluding carboxylic acids is 1. The molecule has 1 atom stereocenters. The molecular weight excluding hydrogens is 490 g/mol. The van der Waals surface area contributed by atoms with E-state index in [0.717, 1.165) is 34.4 Å². The number of cyclic esters (lactones) is 1. The van der Waals surface area contributed by atoms with E-state index in [1.165, 1.54) is 22.5 Å². The number of aromatic nitrogens is 4. The van der Waals surface area contributed by atoms with Crippen molar-refractivity contribution in [2.75, 3.05) is 0 Å². The van der Waals surface area contributed by atoms with E-state index in [1.54, 1.807) is 12.1 Å². The summed E-state index contributed by atoms with van der Waals surface area (Å²) in [5.41, 5.74) is 7.37. The first-order chi connectivity index (χ1) is 19.0. The molecule has 1 unspecified atom stereocenters. The monoisotopic (exact) mass is 517 g/mol. The molecule has 8 nitrogen and oxygen atoms in total. The quantitative estimate of drug-likeness (QED) is 0.254. The molecule has 194 valence electrons. The van der Waals surface area contributed by atoms with Crippen LogP contribution in [0.15, 0.2) is 85.5 Å². The number of hydrogen-bond donors (Lipinski definition) is 3. The number of ether oxygens (including phenoxy) is 1. The number of aryl methyl sites for hydroxylation is 1. The Bertz CT molecular complexity index is 1860. The summed E-state index contributed by atoms with van der Waals surface area (Å²) in [5.74, 6) is -0.263. The van der Waals surface area contributed by atoms with Crippen LogP contribution in [0, 0.1) is 0 Å². The van der Waals surface area contributed by atoms with Crippen molar-refractivity contribution in [3.63, 3.8) is 0 Å². The molecule has 0 saturated heterocycles. The van der Waals surface area contributed by atoms with Crippen molar-refractivity contribution in [2.45, 2.75) is 25.7 Å². The average molecular weight is 518 g/mol. The van der Waals surface area contributed by atoms with Crippen molar-refractivity contribution in [3.8, 4) is 5.75 Å². The number of esters is 1. The zero-order valence-electron chi connectivity index (χ0n) is 21.4. The maximum atomic E-state index is 12.6. The summed E-state index contributed by atoms with van der Waals surface area (Å²) in [4.78, 5) is 20.6. The molecule has 0 bridgehead atoms. The Labute approximate surface area is 224 Å². The number of aromatic amines is 1. The van der Waals surface area contributed by atoms with E-state index in [-0.39, 0.29) is 11.7 Å². The number of nitrogens with one attached hydrogen (secondary N) is 2. The molecule has 1 aliphatic rings. The molecular formula is C31H27N5O3. The van der Waals surface area contributed by atoms with Gasteiger partial charge in [-0.2, -0.15) is 0 Å². The Kier molecular flexibility index (Phi) is 5.49. The molecule has 0 radical (unpaired) electrons. The maximum absolute atomic E-state index is 12.6. The third-order valence-electron chi connectivity index (χ3n) is 7.41. The highest BCUT2D eigenvalue weighted by Gasteiger charge is 2.35. The molecule has 0 spiro atoms. The largest absolute Gasteiger partial charge is 0.508 e. The molecule has 3 aromatic heterocycles. The highest BCUT2D eigenvalue weighted by atomic mass is 16.5. The molecule has 0 aliphatic carbocycles. The van der Waals surface area contributed by atoms with E-state index in [0.29, 0.717) is 24.2 Å². The molecule has 1 aliphatic heterocycles. The molecule has 39 heavy (non-hydrogen) atoms. The highest BCUT2D eigenvalue weighted by Crippen LogP contribution is 2.42. The van der Waals surface area contributed by atoms with Crippen molar-refractivity contribution in [2.24, 2.45) is 7.05 Å². The molecule has 0 fully saturated rings. The van der Waals surface area contributed by atoms with Crippen molar-refractivity contribution in [3.05, 3.63) is 119 Å². The lowest BCUT2D eigenvalue weighted by Crippen LogP contribution is -2.15. The number of fused-ring (bicyclic) bond motifs is 3. The fourth-order valence-corrected chi connectivity index (χ4v) is 5.59. The number of phenolic OH excluding ortho intramolecular Hbond substituents is 1. The van der Waals surface area contributed by atoms with E-state index in [1.807, 2.05) is 48.4 Å². The third kappa shape index (κ3) is 4.15. The third-order valence-corrected chi connectivity index (χ3v) is 7.41. The number of imidazole rings is 1. The van der Waals surface area contributed by atoms with Gasteiger partial charge in [0.05, 0.1) is 24.1 Å². The van der Waals surface area contributed by atoms with Gasteiger partial charge in [-0.25, -0.2) is 9.78 Å². The van der Waals surface area contributed by atoms with Gasteiger partial charge in [-0.3, -0.25) is 0 Å². The first-order valence-electron chi connectivity index (χ1n) is 12.9. The van der Waals surface area contributed by atoms with Crippen LogP contribution in [0.2, 0.25) is 0 Å². The van der Waals surface area contributed by atoms with Gasteiger partial charge in [0.2, 0.25) is 0 Å². The molecule has 0 saturated carbocycles. The van der Waals surface area contributed by atoms with Gasteiger partial charge in [-0.15, -0.1) is 0 Å². The summed E-state index contributed by atoms with van der Waals surface area (Å²) in [6.07, 6.45) is 5.38. The Morgan fingerprint density at radius 2 is 1.97 bits per heavy atom. The van der Waals surface area contributed by atoms with Crippen LogP contribution in [0.25, 0.3) is 21.8 Å². The Morgan fingerprint density at radius 1 is 1.08 bits per heavy atom. The van der Waals surface area contributed by atoms with Crippen LogP contribution < -0.4 is 5.32 Å². The summed E-state index contributed by atoms with van der Waals surface area (Å²) < 4.78 is 10.0. The fourth-order valence-electron chi connectivity index (χ4n) is 5.59. The number of H-pyrrole nitrogens is 1. The van der Waals surface area contributed by atoms with E-state index >= 15 is 0 Å². The zero-order valence-corrected chi connectivity index (χ0v) is 21.4. The number of phenols is 1. The summed E-state index contributed by atoms with van der Waals surface area (Å²) in [6.45, 7) is 1.94. The van der Waals surface area contributed by atoms with Gasteiger partial charge in [0.25, 0.3) is 0 Å². The van der Waals surface area contributed by atoms with Gasteiger partial charge in [0, 0.05) is 65.8 Å². The van der Waals surface area contributed by atoms with Crippen LogP contribution in [-0.4, -0.2) is 30.2 Å². The number of aromatic hydroxyl groups is 1. The van der Waals surface area contributed by atoms with E-state index < -0.39 is 6.10 Å². The predicted molar refractivity (Wildman–Crippen MR) is 148 cm³/mol. The summed E-state index contributed by atoms with van der Waals surface area (Å²) in [7, 11) is 1.98. The molecule has 7 rings (SSSR count). The number of hydrogen-bond acceptors (Lipinski definition) is 5. The van der Waals surface area contributed by atoms with Crippen LogP contribution in [0.4, 0.5) is 0 Å². The van der Waals surface area contributed by atoms with Gasteiger partial charge < -0.3 is 29.3 Å². The summed E-state index contributed by atoms with van der Waals surface area (Å²) in [6, 6.07) is 21.4. The van der Waals surface area contributed by atoms with Crippen LogP contribution in [0.5, 0.6) is 5.75 Å². The van der Waals surface area contributed by atoms with Gasteiger partial charge in [0.1, 0.15) is 5.75 Å². The maximum Gasteiger partial charge on any atom is 0.339 e. The summed E-state index contributed by atoms with van der Waals surface area (Å²) in [5, 5.41) is 15.9. The Balaban J connectivity index is 1.15. The SMILES string of the molecule is Cn1cnc(Cn2ccc3ccc(CNCc4[nH]c5ccccc5c4C4OC(=O)c5ccc(O)cc54)cc32)c1. The van der Waals surface area contributed by atoms with E-state index in [2.05, 4.69) is 50.3 Å². The van der Waals surface area contributed by atoms with Gasteiger partial charge >= 0.3 is 5.97 Å². The van der Waals surface area contributed by atoms with Crippen molar-refractivity contribution in [1.82, 2.24) is 24.4 Å². The summed E-state index contributed by atoms with van der Waals surface area (Å²) >= 11 is 0. The van der Waals surface area contributed by atoms with Crippen molar-refractivity contribution >= 4 is 27.8 Å². The number of benzene rings is 3. The van der Waals surface area contributed by atoms with Gasteiger partial charge in [0.15, 0.2) is 6.10 Å². The van der Waals surface area contributed by atoms with Gasteiger partial charge in [-0.1, -0.05) is 30.3 Å². The highest BCUT2D eigenvalue weighted by molar-refractivity contribution is 5.96. The molecule has 3 aromatic carbocycles. The topological polar surface area (TPSA) is 97.1 Å². The van der Waals surface area contributed by atoms with Crippen molar-refractivity contribution < 1.29 is 14.6 Å². The molecule has 0 amide bonds. The second-order valence-corrected chi connectivity index (χ2v) is 10.1. The predicted octanol–water partition coefficient (Wildman–Crippen LogP) is 5.16. The fraction of sp³-hybridized carbons (Fsp3) is 0.161. The van der Waals surface area contributed by atoms with Crippen LogP contribution in [-0.2, 0) is 31.4 Å². The second-order valence-electron chi connectivity index (χ2n) is 10.1. The standard InChI is InChI=1S/C31H27N5O3/c1-35-16-21(33-18-35)17-36-11-10-20-7-6-19(12-28(20)36)14-32-15-27-29(24-4-2-3-5-26(24)34-27)30-25-13-22(37)8-9-23(25)31(38)39-30/h2-13,16,18,30,32,34,37H,14-15,17H2,1H3. The van der Waals surface area contributed by atoms with Crippen molar-refractivity contribution in [1.29, 1.82) is 0 Å². The second kappa shape index (κ2) is 9.18. The van der Waals surface area contributed by atoms with Crippen LogP contribution >= 0.6 is 0 Å². The lowest BCUT2D eigenvalue weighted by molar-refractivity contribution is 0.0456. The number of para-hydroxylation sites is 1. The normalized spacial score (nSPS) is 14.8. The number of nitrogens with zero attached hydrogens (tertiary/aromatic N) is 3. The van der Waals surface area contributed by atoms with E-state index in [4.69, 9.17) is 4.74 Å². The van der Waals surface area contributed by atoms with E-state index in [9.17, 15) is 9.90 Å². The molecule has 4 heterocycles. The molecule has 6 aromatic rings. The average Bonchev–Trinajstić information content (AvgIpc) is 3.69. The lowest BCUT2D eigenvalue weighted by Gasteiger charge is -2.14. The Morgan fingerprint density at radius 3 is 2.85 bits per heavy atom. The number of carbonyl (C=O) groups is 1. The van der Waals surface area contributed by atoms with Gasteiger partial charge in [-0.05, 0) is 47.3 Å². The first-order valence-corrected chi connectivity index (χ1v) is 12.9. The lowest BCUT2D eigenvalue weighted by atomic mass is 9.96. The minimum Gasteiger partial charge on any atom is -0.508 e. The van der Waals surface area contributed by atoms with Crippen LogP contribution in [0.1, 0.15) is 44.5 Å². The molecule has 8 heteroatoms. The molecule has 3 N–H and O–H groups in total. The number of rotatable bonds is 7. The smallest absolute Gasteiger partial charge is 0.339 e.